The number of nitrogens with zero attached hydrogens (tertiary/aromatic N) is 2. The number of ether oxygens (including phenoxy) is 1. The molecule has 1 aromatic heterocycles. The number of nitrogens with one attached hydrogen (secondary N) is 1. The first-order chi connectivity index (χ1) is 19.1. The van der Waals surface area contributed by atoms with E-state index in [1.807, 2.05) is 4.90 Å². The van der Waals surface area contributed by atoms with Crippen LogP contribution in [0.15, 0.2) is 41.3 Å². The molecule has 40 heavy (non-hydrogen) atoms. The second-order valence-corrected chi connectivity index (χ2v) is 10.9. The number of primary amides is 1. The number of benzene rings is 1. The summed E-state index contributed by atoms with van der Waals surface area (Å²) in [5.74, 6) is -6.67. The van der Waals surface area contributed by atoms with Crippen LogP contribution in [0.1, 0.15) is 30.4 Å². The number of phenolic OH excluding ortho intramolecular Hbond substituents is 1. The third-order valence-corrected chi connectivity index (χ3v) is 9.04. The molecule has 0 bridgehead atoms. The van der Waals surface area contributed by atoms with Crippen molar-refractivity contribution < 1.29 is 39.5 Å². The average molecular weight is 551 g/mol. The molecule has 2 heterocycles. The number of aromatic nitrogens is 2. The van der Waals surface area contributed by atoms with Crippen LogP contribution in [0.25, 0.3) is 17.0 Å². The van der Waals surface area contributed by atoms with Crippen LogP contribution in [0, 0.1) is 11.8 Å². The van der Waals surface area contributed by atoms with Crippen LogP contribution in [-0.4, -0.2) is 90.9 Å². The van der Waals surface area contributed by atoms with Crippen LogP contribution < -0.4 is 5.73 Å². The van der Waals surface area contributed by atoms with Crippen molar-refractivity contribution in [2.45, 2.75) is 43.4 Å². The molecule has 12 heteroatoms. The molecule has 0 unspecified atom stereocenters. The van der Waals surface area contributed by atoms with E-state index in [1.165, 1.54) is 6.07 Å². The maximum absolute atomic E-state index is 14.1. The molecule has 7 N–H and O–H groups in total. The van der Waals surface area contributed by atoms with Crippen LogP contribution in [0.3, 0.4) is 0 Å². The molecule has 2 fully saturated rings. The number of ketones is 2. The Balaban J connectivity index is 1.51. The quantitative estimate of drug-likeness (QED) is 0.297. The van der Waals surface area contributed by atoms with Crippen molar-refractivity contribution in [2.75, 3.05) is 20.2 Å². The number of Topliss-reactive ketones (excluding diaryl/α,β-unsaturated/α-hetero) is 2. The van der Waals surface area contributed by atoms with Crippen molar-refractivity contribution in [3.8, 4) is 17.0 Å². The molecule has 4 atom stereocenters. The van der Waals surface area contributed by atoms with Crippen LogP contribution in [-0.2, 0) is 25.5 Å². The summed E-state index contributed by atoms with van der Waals surface area (Å²) in [4.78, 5) is 42.0. The molecule has 6 rings (SSSR count). The Labute approximate surface area is 228 Å². The molecule has 210 valence electrons. The highest BCUT2D eigenvalue weighted by atomic mass is 16.5. The highest BCUT2D eigenvalue weighted by Gasteiger charge is 2.64. The van der Waals surface area contributed by atoms with E-state index in [2.05, 4.69) is 10.2 Å². The summed E-state index contributed by atoms with van der Waals surface area (Å²) < 4.78 is 5.44. The first-order valence-electron chi connectivity index (χ1n) is 13.2. The van der Waals surface area contributed by atoms with Crippen LogP contribution in [0.5, 0.6) is 5.75 Å². The Morgan fingerprint density at radius 3 is 2.52 bits per heavy atom. The number of aliphatic hydroxyl groups excluding tert-OH is 2. The molecule has 0 radical (unpaired) electrons. The van der Waals surface area contributed by atoms with E-state index in [0.29, 0.717) is 42.8 Å². The first kappa shape index (κ1) is 26.2. The van der Waals surface area contributed by atoms with E-state index < -0.39 is 58.0 Å². The smallest absolute Gasteiger partial charge is 0.255 e. The Morgan fingerprint density at radius 1 is 1.18 bits per heavy atom. The van der Waals surface area contributed by atoms with Crippen molar-refractivity contribution in [1.82, 2.24) is 15.1 Å². The summed E-state index contributed by atoms with van der Waals surface area (Å²) in [6, 6.07) is 3.70. The number of fused-ring (bicyclic) bond motifs is 3. The maximum atomic E-state index is 14.1. The minimum atomic E-state index is -2.67. The summed E-state index contributed by atoms with van der Waals surface area (Å²) in [5, 5.41) is 52.0. The number of likely N-dealkylation sites (tertiary alicyclic amines) is 1. The lowest BCUT2D eigenvalue weighted by Gasteiger charge is -2.52. The number of aromatic hydroxyl groups is 1. The van der Waals surface area contributed by atoms with Crippen molar-refractivity contribution in [2.24, 2.45) is 17.6 Å². The fraction of sp³-hybridized carbons (Fsp3) is 0.429. The highest BCUT2D eigenvalue weighted by molar-refractivity contribution is 6.24. The van der Waals surface area contributed by atoms with E-state index in [-0.39, 0.29) is 35.8 Å². The Morgan fingerprint density at radius 2 is 1.90 bits per heavy atom. The van der Waals surface area contributed by atoms with Gasteiger partial charge in [-0.3, -0.25) is 24.4 Å². The zero-order valence-corrected chi connectivity index (χ0v) is 21.8. The molecular weight excluding hydrogens is 520 g/mol. The van der Waals surface area contributed by atoms with Gasteiger partial charge >= 0.3 is 0 Å². The largest absolute Gasteiger partial charge is 0.508 e. The van der Waals surface area contributed by atoms with Crippen molar-refractivity contribution in [3.63, 3.8) is 0 Å². The number of carbonyl (C=O) groups is 3. The van der Waals surface area contributed by atoms with Crippen molar-refractivity contribution in [1.29, 1.82) is 0 Å². The molecule has 1 saturated heterocycles. The molecule has 12 nitrogen and oxygen atoms in total. The fourth-order valence-electron chi connectivity index (χ4n) is 7.12. The number of H-pyrrole nitrogens is 1. The fourth-order valence-corrected chi connectivity index (χ4v) is 7.12. The molecule has 4 aliphatic rings. The SMILES string of the molecule is COC1CCN([C@H]2C(=O)C(C(N)=O)=C(O)[C@@]3(O)C(=O)C4=C(O)c5c(O)ccc(-c6ccn[nH]6)c5C[C@H]4C[C@@H]23)CC1. The topological polar surface area (TPSA) is 199 Å². The molecule has 2 aromatic rings. The molecular formula is C28H30N4O8. The number of hydrogen-bond donors (Lipinski definition) is 6. The molecule has 0 spiro atoms. The highest BCUT2D eigenvalue weighted by Crippen LogP contribution is 2.53. The van der Waals surface area contributed by atoms with Gasteiger partial charge in [0.05, 0.1) is 23.4 Å². The van der Waals surface area contributed by atoms with Crippen LogP contribution in [0.4, 0.5) is 0 Å². The standard InChI is InChI=1S/C28H30N4O8/c1-40-13-5-8-32(9-6-13)22-16-11-12-10-15-14(17-4-7-30-31-17)2-3-18(33)20(15)23(34)19(12)25(36)28(16,39)26(37)21(24(22)35)27(29)38/h2-4,7,12-13,16,22,33-34,37,39H,5-6,8-11H2,1H3,(H2,29,38)(H,30,31)/t12-,16-,22+,28-/m0/s1. The van der Waals surface area contributed by atoms with Crippen LogP contribution >= 0.6 is 0 Å². The minimum absolute atomic E-state index is 0.0173. The lowest BCUT2D eigenvalue weighted by atomic mass is 9.57. The predicted molar refractivity (Wildman–Crippen MR) is 140 cm³/mol. The third kappa shape index (κ3) is 3.56. The van der Waals surface area contributed by atoms with E-state index in [9.17, 15) is 34.8 Å². The van der Waals surface area contributed by atoms with Crippen molar-refractivity contribution >= 4 is 23.2 Å². The molecule has 1 saturated carbocycles. The number of hydrogen-bond acceptors (Lipinski definition) is 10. The van der Waals surface area contributed by atoms with Crippen molar-refractivity contribution in [3.05, 3.63) is 52.4 Å². The Hall–Kier alpha value is -4.00. The normalized spacial score (nSPS) is 29.3. The molecule has 3 aliphatic carbocycles. The Kier molecular flexibility index (Phi) is 6.09. The van der Waals surface area contributed by atoms with Gasteiger partial charge in [0.15, 0.2) is 11.4 Å². The van der Waals surface area contributed by atoms with Gasteiger partial charge in [-0.05, 0) is 55.4 Å². The minimum Gasteiger partial charge on any atom is -0.508 e. The zero-order chi connectivity index (χ0) is 28.5. The number of nitrogens with two attached hydrogens (primary N) is 1. The summed E-state index contributed by atoms with van der Waals surface area (Å²) in [7, 11) is 1.60. The number of aromatic amines is 1. The number of carbonyl (C=O) groups excluding carboxylic acids is 3. The number of phenols is 1. The number of piperidine rings is 1. The number of rotatable bonds is 4. The van der Waals surface area contributed by atoms with Crippen LogP contribution in [0.2, 0.25) is 0 Å². The van der Waals surface area contributed by atoms with E-state index >= 15 is 0 Å². The predicted octanol–water partition coefficient (Wildman–Crippen LogP) is 0.903. The summed E-state index contributed by atoms with van der Waals surface area (Å²) in [6.07, 6.45) is 2.98. The Bertz CT molecular complexity index is 1490. The van der Waals surface area contributed by atoms with Gasteiger partial charge in [0.25, 0.3) is 5.91 Å². The lowest BCUT2D eigenvalue weighted by Crippen LogP contribution is -2.67. The first-order valence-corrected chi connectivity index (χ1v) is 13.2. The maximum Gasteiger partial charge on any atom is 0.255 e. The second kappa shape index (κ2) is 9.29. The molecule has 1 amide bonds. The third-order valence-electron chi connectivity index (χ3n) is 9.04. The van der Waals surface area contributed by atoms with E-state index in [0.717, 1.165) is 0 Å². The number of methoxy groups -OCH3 is 1. The monoisotopic (exact) mass is 550 g/mol. The van der Waals surface area contributed by atoms with Gasteiger partial charge in [0.2, 0.25) is 5.78 Å². The van der Waals surface area contributed by atoms with E-state index in [1.54, 1.807) is 25.4 Å². The number of amides is 1. The van der Waals surface area contributed by atoms with Gasteiger partial charge in [-0.1, -0.05) is 0 Å². The van der Waals surface area contributed by atoms with E-state index in [4.69, 9.17) is 10.5 Å². The van der Waals surface area contributed by atoms with Gasteiger partial charge in [0.1, 0.15) is 22.8 Å². The van der Waals surface area contributed by atoms with Gasteiger partial charge < -0.3 is 30.9 Å². The molecule has 1 aliphatic heterocycles. The summed E-state index contributed by atoms with van der Waals surface area (Å²) in [6.45, 7) is 0.809. The van der Waals surface area contributed by atoms with Gasteiger partial charge in [0, 0.05) is 43.5 Å². The van der Waals surface area contributed by atoms with Gasteiger partial charge in [-0.15, -0.1) is 0 Å². The van der Waals surface area contributed by atoms with Gasteiger partial charge in [-0.25, -0.2) is 0 Å². The zero-order valence-electron chi connectivity index (χ0n) is 21.8. The summed E-state index contributed by atoms with van der Waals surface area (Å²) >= 11 is 0. The second-order valence-electron chi connectivity index (χ2n) is 10.9. The number of aliphatic hydroxyl groups is 3. The molecule has 1 aromatic carbocycles. The average Bonchev–Trinajstić information content (AvgIpc) is 3.46. The van der Waals surface area contributed by atoms with Gasteiger partial charge in [-0.2, -0.15) is 5.10 Å². The summed E-state index contributed by atoms with van der Waals surface area (Å²) in [5.41, 5.74) is 3.74. The lowest BCUT2D eigenvalue weighted by molar-refractivity contribution is -0.156.